The molecule has 0 aliphatic rings. The van der Waals surface area contributed by atoms with Crippen LogP contribution < -0.4 is 11.3 Å². The van der Waals surface area contributed by atoms with E-state index in [2.05, 4.69) is 0 Å². The van der Waals surface area contributed by atoms with Crippen LogP contribution in [0.15, 0.2) is 12.1 Å². The van der Waals surface area contributed by atoms with Gasteiger partial charge in [0.1, 0.15) is 5.69 Å². The maximum absolute atomic E-state index is 13.6. The third-order valence-corrected chi connectivity index (χ3v) is 2.78. The number of hydrogen-bond acceptors (Lipinski definition) is 3. The molecule has 1 aromatic carbocycles. The third-order valence-electron chi connectivity index (χ3n) is 2.78. The number of carbonyl (C=O) groups excluding carboxylic acids is 1. The van der Waals surface area contributed by atoms with E-state index in [1.165, 1.54) is 0 Å². The van der Waals surface area contributed by atoms with E-state index in [0.29, 0.717) is 6.54 Å². The molecule has 0 spiro atoms. The number of nitrogens with one attached hydrogen (secondary N) is 1. The summed E-state index contributed by atoms with van der Waals surface area (Å²) in [6, 6.07) is 1.95. The molecule has 6 heteroatoms. The molecule has 0 aliphatic heterocycles. The van der Waals surface area contributed by atoms with Crippen molar-refractivity contribution in [2.45, 2.75) is 33.2 Å². The van der Waals surface area contributed by atoms with Crippen LogP contribution in [0.25, 0.3) is 0 Å². The average Bonchev–Trinajstić information content (AvgIpc) is 2.34. The van der Waals surface area contributed by atoms with E-state index in [9.17, 15) is 13.6 Å². The molecule has 0 radical (unpaired) electrons. The van der Waals surface area contributed by atoms with E-state index >= 15 is 0 Å². The zero-order valence-corrected chi connectivity index (χ0v) is 11.3. The smallest absolute Gasteiger partial charge is 0.254 e. The number of nitrogens with two attached hydrogens (primary N) is 1. The molecule has 1 aromatic rings. The van der Waals surface area contributed by atoms with Crippen molar-refractivity contribution in [2.24, 2.45) is 5.84 Å². The Morgan fingerprint density at radius 1 is 1.37 bits per heavy atom. The quantitative estimate of drug-likeness (QED) is 0.639. The summed E-state index contributed by atoms with van der Waals surface area (Å²) in [7, 11) is 0. The summed E-state index contributed by atoms with van der Waals surface area (Å²) < 4.78 is 27.1. The maximum atomic E-state index is 13.6. The number of amides is 1. The van der Waals surface area contributed by atoms with E-state index in [1.54, 1.807) is 4.90 Å². The van der Waals surface area contributed by atoms with Crippen molar-refractivity contribution in [2.75, 3.05) is 12.0 Å². The zero-order chi connectivity index (χ0) is 14.6. The molecule has 19 heavy (non-hydrogen) atoms. The Kier molecular flexibility index (Phi) is 5.23. The standard InChI is InChI=1S/C13H19F2N3O/c1-4-5-18(8(2)3)13(19)9-6-10(14)12(17-16)11(15)7-9/h6-8,17H,4-5,16H2,1-3H3. The van der Waals surface area contributed by atoms with Gasteiger partial charge in [0, 0.05) is 18.2 Å². The highest BCUT2D eigenvalue weighted by Crippen LogP contribution is 2.21. The Morgan fingerprint density at radius 2 is 1.89 bits per heavy atom. The topological polar surface area (TPSA) is 58.4 Å². The van der Waals surface area contributed by atoms with Crippen LogP contribution in [0.1, 0.15) is 37.6 Å². The predicted molar refractivity (Wildman–Crippen MR) is 70.6 cm³/mol. The van der Waals surface area contributed by atoms with Crippen LogP contribution in [0.4, 0.5) is 14.5 Å². The fraction of sp³-hybridized carbons (Fsp3) is 0.462. The molecule has 0 aliphatic carbocycles. The Morgan fingerprint density at radius 3 is 2.26 bits per heavy atom. The lowest BCUT2D eigenvalue weighted by molar-refractivity contribution is 0.0705. The van der Waals surface area contributed by atoms with Crippen molar-refractivity contribution < 1.29 is 13.6 Å². The molecule has 0 saturated carbocycles. The van der Waals surface area contributed by atoms with E-state index in [1.807, 2.05) is 26.2 Å². The van der Waals surface area contributed by atoms with Crippen molar-refractivity contribution in [1.29, 1.82) is 0 Å². The van der Waals surface area contributed by atoms with Crippen molar-refractivity contribution >= 4 is 11.6 Å². The number of hydrazine groups is 1. The van der Waals surface area contributed by atoms with Gasteiger partial charge in [-0.1, -0.05) is 6.92 Å². The van der Waals surface area contributed by atoms with E-state index in [4.69, 9.17) is 5.84 Å². The lowest BCUT2D eigenvalue weighted by Crippen LogP contribution is -2.37. The maximum Gasteiger partial charge on any atom is 0.254 e. The molecule has 0 saturated heterocycles. The molecule has 1 amide bonds. The molecule has 0 fully saturated rings. The second kappa shape index (κ2) is 6.47. The molecule has 0 aromatic heterocycles. The van der Waals surface area contributed by atoms with Gasteiger partial charge in [-0.2, -0.15) is 0 Å². The highest BCUT2D eigenvalue weighted by Gasteiger charge is 2.21. The number of carbonyl (C=O) groups is 1. The number of nitrogen functional groups attached to an aromatic ring is 1. The third kappa shape index (κ3) is 3.41. The molecule has 0 unspecified atom stereocenters. The average molecular weight is 271 g/mol. The molecule has 4 nitrogen and oxygen atoms in total. The van der Waals surface area contributed by atoms with Gasteiger partial charge in [0.2, 0.25) is 0 Å². The van der Waals surface area contributed by atoms with Crippen molar-refractivity contribution in [3.63, 3.8) is 0 Å². The van der Waals surface area contributed by atoms with Crippen LogP contribution in [0, 0.1) is 11.6 Å². The van der Waals surface area contributed by atoms with Gasteiger partial charge in [-0.25, -0.2) is 8.78 Å². The number of rotatable bonds is 5. The fourth-order valence-corrected chi connectivity index (χ4v) is 1.84. The Hall–Kier alpha value is -1.69. The molecule has 106 valence electrons. The minimum atomic E-state index is -0.883. The van der Waals surface area contributed by atoms with Crippen LogP contribution in [-0.2, 0) is 0 Å². The molecule has 1 rings (SSSR count). The van der Waals surface area contributed by atoms with Gasteiger partial charge < -0.3 is 10.3 Å². The normalized spacial score (nSPS) is 10.7. The second-order valence-corrected chi connectivity index (χ2v) is 4.55. The Bertz CT molecular complexity index is 440. The predicted octanol–water partition coefficient (Wildman–Crippen LogP) is 2.51. The SMILES string of the molecule is CCCN(C(=O)c1cc(F)c(NN)c(F)c1)C(C)C. The summed E-state index contributed by atoms with van der Waals surface area (Å²) in [4.78, 5) is 13.8. The summed E-state index contributed by atoms with van der Waals surface area (Å²) >= 11 is 0. The Labute approximate surface area is 111 Å². The van der Waals surface area contributed by atoms with E-state index < -0.39 is 23.2 Å². The summed E-state index contributed by atoms with van der Waals surface area (Å²) in [5.41, 5.74) is 1.47. The molecule has 3 N–H and O–H groups in total. The number of nitrogens with zero attached hydrogens (tertiary/aromatic N) is 1. The molecular formula is C13H19F2N3O. The highest BCUT2D eigenvalue weighted by atomic mass is 19.1. The zero-order valence-electron chi connectivity index (χ0n) is 11.3. The van der Waals surface area contributed by atoms with Crippen LogP contribution in [0.3, 0.4) is 0 Å². The number of halogens is 2. The van der Waals surface area contributed by atoms with E-state index in [0.717, 1.165) is 18.6 Å². The van der Waals surface area contributed by atoms with E-state index in [-0.39, 0.29) is 11.6 Å². The van der Waals surface area contributed by atoms with Crippen LogP contribution in [-0.4, -0.2) is 23.4 Å². The first-order valence-electron chi connectivity index (χ1n) is 6.19. The molecule has 0 bridgehead atoms. The fourth-order valence-electron chi connectivity index (χ4n) is 1.84. The first-order chi connectivity index (χ1) is 8.92. The van der Waals surface area contributed by atoms with Gasteiger partial charge in [0.15, 0.2) is 11.6 Å². The lowest BCUT2D eigenvalue weighted by atomic mass is 10.1. The second-order valence-electron chi connectivity index (χ2n) is 4.55. The van der Waals surface area contributed by atoms with Gasteiger partial charge in [0.25, 0.3) is 5.91 Å². The highest BCUT2D eigenvalue weighted by molar-refractivity contribution is 5.94. The van der Waals surface area contributed by atoms with Gasteiger partial charge >= 0.3 is 0 Å². The first kappa shape index (κ1) is 15.4. The molecule has 0 atom stereocenters. The van der Waals surface area contributed by atoms with Crippen molar-refractivity contribution in [1.82, 2.24) is 4.90 Å². The van der Waals surface area contributed by atoms with Crippen molar-refractivity contribution in [3.8, 4) is 0 Å². The Balaban J connectivity index is 3.12. The van der Waals surface area contributed by atoms with Crippen LogP contribution in [0.5, 0.6) is 0 Å². The molecule has 0 heterocycles. The minimum Gasteiger partial charge on any atom is -0.336 e. The monoisotopic (exact) mass is 271 g/mol. The van der Waals surface area contributed by atoms with Gasteiger partial charge in [-0.05, 0) is 32.4 Å². The lowest BCUT2D eigenvalue weighted by Gasteiger charge is -2.26. The number of anilines is 1. The minimum absolute atomic E-state index is 0.0175. The van der Waals surface area contributed by atoms with Crippen LogP contribution >= 0.6 is 0 Å². The van der Waals surface area contributed by atoms with Gasteiger partial charge in [-0.15, -0.1) is 0 Å². The molecular weight excluding hydrogens is 252 g/mol. The first-order valence-corrected chi connectivity index (χ1v) is 6.19. The number of hydrogen-bond donors (Lipinski definition) is 2. The van der Waals surface area contributed by atoms with Crippen molar-refractivity contribution in [3.05, 3.63) is 29.3 Å². The summed E-state index contributed by atoms with van der Waals surface area (Å²) in [6.45, 7) is 6.19. The van der Waals surface area contributed by atoms with Gasteiger partial charge in [0.05, 0.1) is 0 Å². The van der Waals surface area contributed by atoms with Gasteiger partial charge in [-0.3, -0.25) is 10.6 Å². The summed E-state index contributed by atoms with van der Waals surface area (Å²) in [5, 5.41) is 0. The number of benzene rings is 1. The largest absolute Gasteiger partial charge is 0.336 e. The summed E-state index contributed by atoms with van der Waals surface area (Å²) in [6.07, 6.45) is 0.775. The summed E-state index contributed by atoms with van der Waals surface area (Å²) in [5.74, 6) is 2.85. The van der Waals surface area contributed by atoms with Crippen LogP contribution in [0.2, 0.25) is 0 Å².